The van der Waals surface area contributed by atoms with Crippen LogP contribution in [0.2, 0.25) is 0 Å². The van der Waals surface area contributed by atoms with Gasteiger partial charge in [0.15, 0.2) is 0 Å². The van der Waals surface area contributed by atoms with Gasteiger partial charge in [-0.15, -0.1) is 4.39 Å². The summed E-state index contributed by atoms with van der Waals surface area (Å²) in [6.07, 6.45) is -4.28. The summed E-state index contributed by atoms with van der Waals surface area (Å²) >= 11 is 0. The van der Waals surface area contributed by atoms with Gasteiger partial charge in [-0.3, -0.25) is 4.79 Å². The van der Waals surface area contributed by atoms with Crippen molar-refractivity contribution in [3.05, 3.63) is 179 Å². The van der Waals surface area contributed by atoms with E-state index in [2.05, 4.69) is 5.32 Å². The summed E-state index contributed by atoms with van der Waals surface area (Å²) in [6, 6.07) is 47.1. The van der Waals surface area contributed by atoms with Gasteiger partial charge >= 0.3 is 12.1 Å². The number of nitrogens with one attached hydrogen (secondary N) is 2. The molecule has 1 fully saturated rings. The third kappa shape index (κ3) is 17.2. The number of carbonyl (C=O) groups is 3. The number of hydrogen-bond acceptors (Lipinski definition) is 10. The van der Waals surface area contributed by atoms with Crippen molar-refractivity contribution in [2.75, 3.05) is 19.8 Å². The second kappa shape index (κ2) is 27.6. The number of halogens is 2. The topological polar surface area (TPSA) is 151 Å². The summed E-state index contributed by atoms with van der Waals surface area (Å²) in [7, 11) is 0. The lowest BCUT2D eigenvalue weighted by Crippen LogP contribution is -2.68. The molecular weight excluding hydrogens is 851 g/mol. The van der Waals surface area contributed by atoms with Crippen molar-refractivity contribution >= 4 is 18.0 Å². The van der Waals surface area contributed by atoms with Crippen LogP contribution in [0, 0.1) is 5.92 Å². The molecule has 352 valence electrons. The smallest absolute Gasteiger partial charge is 0.397 e. The highest BCUT2D eigenvalue weighted by Gasteiger charge is 2.56. The molecule has 7 atom stereocenters. The fourth-order valence-corrected chi connectivity index (χ4v) is 7.04. The van der Waals surface area contributed by atoms with Crippen molar-refractivity contribution in [2.45, 2.75) is 96.0 Å². The summed E-state index contributed by atoms with van der Waals surface area (Å²) in [5.74, 6) is -3.43. The predicted molar refractivity (Wildman–Crippen MR) is 244 cm³/mol. The Balaban J connectivity index is 0.000000290. The Hall–Kier alpha value is -5.87. The maximum atomic E-state index is 14.7. The molecule has 12 nitrogen and oxygen atoms in total. The average Bonchev–Trinajstić information content (AvgIpc) is 3.34. The molecule has 6 rings (SSSR count). The molecule has 5 aromatic rings. The number of alkyl halides is 1. The highest BCUT2D eigenvalue weighted by atomic mass is 19.1. The van der Waals surface area contributed by atoms with Crippen LogP contribution in [0.4, 0.5) is 13.6 Å². The Kier molecular flexibility index (Phi) is 21.4. The highest BCUT2D eigenvalue weighted by molar-refractivity contribution is 5.85. The molecule has 0 spiro atoms. The van der Waals surface area contributed by atoms with Gasteiger partial charge in [0.2, 0.25) is 11.7 Å². The summed E-state index contributed by atoms with van der Waals surface area (Å²) in [6.45, 7) is 3.35. The summed E-state index contributed by atoms with van der Waals surface area (Å²) < 4.78 is 63.1. The lowest BCUT2D eigenvalue weighted by atomic mass is 9.92. The van der Waals surface area contributed by atoms with Crippen molar-refractivity contribution in [3.8, 4) is 0 Å². The van der Waals surface area contributed by atoms with Gasteiger partial charge in [0.05, 0.1) is 33.0 Å². The second-order valence-electron chi connectivity index (χ2n) is 15.9. The van der Waals surface area contributed by atoms with Gasteiger partial charge in [-0.05, 0) is 47.6 Å². The van der Waals surface area contributed by atoms with Gasteiger partial charge in [-0.2, -0.15) is 0 Å². The minimum absolute atomic E-state index is 0.0489. The van der Waals surface area contributed by atoms with E-state index in [4.69, 9.17) is 28.4 Å². The van der Waals surface area contributed by atoms with Gasteiger partial charge in [0.25, 0.3) is 0 Å². The zero-order valence-electron chi connectivity index (χ0n) is 37.3. The minimum Gasteiger partial charge on any atom is -0.459 e. The van der Waals surface area contributed by atoms with E-state index in [1.165, 1.54) is 0 Å². The molecule has 0 radical (unpaired) electrons. The number of hydrogen-bond donors (Lipinski definition) is 3. The molecule has 0 aromatic heterocycles. The largest absolute Gasteiger partial charge is 0.459 e. The number of amides is 2. The van der Waals surface area contributed by atoms with Crippen molar-refractivity contribution in [3.63, 3.8) is 0 Å². The zero-order chi connectivity index (χ0) is 47.0. The third-order valence-electron chi connectivity index (χ3n) is 10.7. The molecule has 1 saturated heterocycles. The SMILES string of the molecule is C[C@H](NC(=O)[C@@H](C)CCCNC(=O)F)C(=O)OCc1ccccc1.O[C@@]1(CF)O[C@H](COCc2ccccc2)[C@H](OCc2ccccc2)[C@H](OCc2ccccc2)[C@H]1OCc1ccccc1. The molecule has 2 amide bonds. The van der Waals surface area contributed by atoms with Gasteiger partial charge < -0.3 is 44.2 Å². The summed E-state index contributed by atoms with van der Waals surface area (Å²) in [5.41, 5.74) is 4.60. The number of aliphatic hydroxyl groups is 1. The molecule has 1 heterocycles. The summed E-state index contributed by atoms with van der Waals surface area (Å²) in [5, 5.41) is 16.2. The Morgan fingerprint density at radius 3 is 1.56 bits per heavy atom. The van der Waals surface area contributed by atoms with Gasteiger partial charge in [0, 0.05) is 12.5 Å². The monoisotopic (exact) mass is 910 g/mol. The molecule has 0 saturated carbocycles. The number of carbonyl (C=O) groups excluding carboxylic acids is 3. The van der Waals surface area contributed by atoms with Crippen LogP contribution < -0.4 is 10.6 Å². The van der Waals surface area contributed by atoms with Crippen LogP contribution >= 0.6 is 0 Å². The van der Waals surface area contributed by atoms with Crippen LogP contribution in [0.1, 0.15) is 54.5 Å². The second-order valence-corrected chi connectivity index (χ2v) is 15.9. The fraction of sp³-hybridized carbons (Fsp3) is 0.365. The van der Waals surface area contributed by atoms with E-state index >= 15 is 0 Å². The van der Waals surface area contributed by atoms with E-state index < -0.39 is 55.0 Å². The van der Waals surface area contributed by atoms with E-state index in [0.29, 0.717) is 19.4 Å². The molecular formula is C52H60F2N2O10. The van der Waals surface area contributed by atoms with Gasteiger partial charge in [0.1, 0.15) is 43.7 Å². The summed E-state index contributed by atoms with van der Waals surface area (Å²) in [4.78, 5) is 34.0. The highest BCUT2D eigenvalue weighted by Crippen LogP contribution is 2.36. The molecule has 66 heavy (non-hydrogen) atoms. The predicted octanol–water partition coefficient (Wildman–Crippen LogP) is 8.35. The third-order valence-corrected chi connectivity index (χ3v) is 10.7. The molecule has 5 aromatic carbocycles. The first-order chi connectivity index (χ1) is 32.0. The van der Waals surface area contributed by atoms with Crippen LogP contribution in [0.3, 0.4) is 0 Å². The van der Waals surface area contributed by atoms with Crippen molar-refractivity contribution < 1.29 is 56.7 Å². The first-order valence-corrected chi connectivity index (χ1v) is 22.0. The Morgan fingerprint density at radius 2 is 1.09 bits per heavy atom. The average molecular weight is 911 g/mol. The van der Waals surface area contributed by atoms with Crippen LogP contribution in [0.15, 0.2) is 152 Å². The van der Waals surface area contributed by atoms with Gasteiger partial charge in [-0.1, -0.05) is 159 Å². The van der Waals surface area contributed by atoms with Crippen molar-refractivity contribution in [1.82, 2.24) is 10.6 Å². The van der Waals surface area contributed by atoms with E-state index in [1.807, 2.05) is 157 Å². The maximum absolute atomic E-state index is 14.7. The molecule has 14 heteroatoms. The molecule has 1 aliphatic rings. The van der Waals surface area contributed by atoms with Crippen LogP contribution in [0.25, 0.3) is 0 Å². The van der Waals surface area contributed by atoms with Crippen molar-refractivity contribution in [2.24, 2.45) is 5.92 Å². The fourth-order valence-electron chi connectivity index (χ4n) is 7.04. The number of esters is 1. The molecule has 0 unspecified atom stereocenters. The Labute approximate surface area is 385 Å². The Bertz CT molecular complexity index is 2140. The normalized spacial score (nSPS) is 19.9. The molecule has 0 aliphatic carbocycles. The van der Waals surface area contributed by atoms with E-state index in [-0.39, 0.29) is 51.4 Å². The first kappa shape index (κ1) is 51.1. The standard InChI is InChI=1S/C35H37FO6.C17H23FN2O4/c36-26-35(37)34(41-24-30-19-11-4-12-20-30)33(40-23-29-17-9-3-10-18-29)32(39-22-28-15-7-2-8-16-28)31(42-35)25-38-21-27-13-5-1-6-14-27;1-12(7-6-10-19-17(18)23)15(21)20-13(2)16(22)24-11-14-8-4-3-5-9-14/h1-20,31-34,37H,21-26H2;3-5,8-9,12-13H,6-7,10-11H2,1-2H3,(H,19,23)(H,20,21)/t31-,32+,33+,34-,35+;12-,13-/m10/s1. The Morgan fingerprint density at radius 1 is 0.652 bits per heavy atom. The van der Waals surface area contributed by atoms with Crippen LogP contribution in [-0.4, -0.2) is 79.2 Å². The van der Waals surface area contributed by atoms with E-state index in [0.717, 1.165) is 27.8 Å². The maximum Gasteiger partial charge on any atom is 0.397 e. The lowest BCUT2D eigenvalue weighted by Gasteiger charge is -2.49. The zero-order valence-corrected chi connectivity index (χ0v) is 37.3. The van der Waals surface area contributed by atoms with Crippen LogP contribution in [0.5, 0.6) is 0 Å². The lowest BCUT2D eigenvalue weighted by molar-refractivity contribution is -0.373. The van der Waals surface area contributed by atoms with Crippen molar-refractivity contribution in [1.29, 1.82) is 0 Å². The number of ether oxygens (including phenoxy) is 6. The van der Waals surface area contributed by atoms with E-state index in [1.54, 1.807) is 13.8 Å². The minimum atomic E-state index is -2.27. The first-order valence-electron chi connectivity index (χ1n) is 22.0. The number of rotatable bonds is 23. The molecule has 1 aliphatic heterocycles. The number of benzene rings is 5. The van der Waals surface area contributed by atoms with E-state index in [9.17, 15) is 28.3 Å². The van der Waals surface area contributed by atoms with Gasteiger partial charge in [-0.25, -0.2) is 14.0 Å². The molecule has 3 N–H and O–H groups in total. The molecule has 0 bridgehead atoms. The quantitative estimate of drug-likeness (QED) is 0.0253. The van der Waals surface area contributed by atoms with Crippen LogP contribution in [-0.2, 0) is 71.0 Å².